The summed E-state index contributed by atoms with van der Waals surface area (Å²) in [6.45, 7) is 6.37. The Morgan fingerprint density at radius 3 is 2.47 bits per heavy atom. The number of nitrogens with zero attached hydrogens (tertiary/aromatic N) is 1. The fourth-order valence-electron chi connectivity index (χ4n) is 1.42. The van der Waals surface area contributed by atoms with Gasteiger partial charge in [-0.25, -0.2) is 4.79 Å². The zero-order valence-electron chi connectivity index (χ0n) is 10.9. The molecule has 0 aliphatic rings. The third-order valence-corrected chi connectivity index (χ3v) is 2.29. The molecule has 0 atom stereocenters. The molecule has 0 saturated heterocycles. The van der Waals surface area contributed by atoms with Crippen molar-refractivity contribution in [1.29, 1.82) is 0 Å². The molecule has 1 aromatic rings. The van der Waals surface area contributed by atoms with E-state index >= 15 is 0 Å². The van der Waals surface area contributed by atoms with Crippen LogP contribution < -0.4 is 11.1 Å². The Morgan fingerprint density at radius 1 is 1.35 bits per heavy atom. The Labute approximate surface area is 103 Å². The first-order chi connectivity index (χ1) is 7.79. The van der Waals surface area contributed by atoms with Gasteiger partial charge >= 0.3 is 6.03 Å². The van der Waals surface area contributed by atoms with E-state index in [9.17, 15) is 4.79 Å². The molecule has 0 fully saturated rings. The first-order valence-electron chi connectivity index (χ1n) is 5.66. The van der Waals surface area contributed by atoms with Crippen molar-refractivity contribution in [2.75, 3.05) is 12.8 Å². The number of rotatable bonds is 2. The molecule has 4 nitrogen and oxygen atoms in total. The van der Waals surface area contributed by atoms with E-state index in [1.165, 1.54) is 0 Å². The molecule has 0 saturated carbocycles. The van der Waals surface area contributed by atoms with Crippen molar-refractivity contribution < 1.29 is 4.79 Å². The lowest BCUT2D eigenvalue weighted by atomic mass is 10.1. The predicted octanol–water partition coefficient (Wildman–Crippen LogP) is 2.21. The Hall–Kier alpha value is -1.71. The van der Waals surface area contributed by atoms with Gasteiger partial charge in [-0.3, -0.25) is 0 Å². The number of amides is 2. The molecular formula is C13H21N3O. The topological polar surface area (TPSA) is 58.4 Å². The van der Waals surface area contributed by atoms with Gasteiger partial charge in [-0.1, -0.05) is 18.2 Å². The smallest absolute Gasteiger partial charge is 0.317 e. The molecule has 0 unspecified atom stereocenters. The number of hydrogen-bond acceptors (Lipinski definition) is 2. The summed E-state index contributed by atoms with van der Waals surface area (Å²) in [6.07, 6.45) is 0. The number of urea groups is 1. The van der Waals surface area contributed by atoms with E-state index in [4.69, 9.17) is 5.73 Å². The Balaban J connectivity index is 2.64. The lowest BCUT2D eigenvalue weighted by Gasteiger charge is -2.26. The number of carbonyl (C=O) groups is 1. The number of nitrogens with two attached hydrogens (primary N) is 1. The molecule has 0 bridgehead atoms. The van der Waals surface area contributed by atoms with Crippen LogP contribution in [0.4, 0.5) is 10.5 Å². The summed E-state index contributed by atoms with van der Waals surface area (Å²) in [4.78, 5) is 13.5. The van der Waals surface area contributed by atoms with Gasteiger partial charge in [0.1, 0.15) is 0 Å². The van der Waals surface area contributed by atoms with Crippen LogP contribution in [0.2, 0.25) is 0 Å². The van der Waals surface area contributed by atoms with Crippen LogP contribution >= 0.6 is 0 Å². The summed E-state index contributed by atoms with van der Waals surface area (Å²) in [5.74, 6) is 0. The third-order valence-electron chi connectivity index (χ3n) is 2.29. The maximum atomic E-state index is 11.8. The second-order valence-corrected chi connectivity index (χ2v) is 5.24. The summed E-state index contributed by atoms with van der Waals surface area (Å²) in [6, 6.07) is 7.47. The van der Waals surface area contributed by atoms with Gasteiger partial charge < -0.3 is 16.0 Å². The van der Waals surface area contributed by atoms with Crippen molar-refractivity contribution in [3.8, 4) is 0 Å². The van der Waals surface area contributed by atoms with Crippen molar-refractivity contribution in [2.45, 2.75) is 32.9 Å². The second-order valence-electron chi connectivity index (χ2n) is 5.24. The number of benzene rings is 1. The Kier molecular flexibility index (Phi) is 3.99. The van der Waals surface area contributed by atoms with Gasteiger partial charge in [-0.05, 0) is 32.4 Å². The zero-order chi connectivity index (χ0) is 13.1. The summed E-state index contributed by atoms with van der Waals surface area (Å²) in [7, 11) is 1.76. The van der Waals surface area contributed by atoms with Crippen molar-refractivity contribution in [1.82, 2.24) is 10.2 Å². The van der Waals surface area contributed by atoms with E-state index in [-0.39, 0.29) is 11.6 Å². The van der Waals surface area contributed by atoms with E-state index < -0.39 is 0 Å². The second kappa shape index (κ2) is 5.08. The molecule has 4 heteroatoms. The third kappa shape index (κ3) is 4.34. The molecular weight excluding hydrogens is 214 g/mol. The maximum absolute atomic E-state index is 11.8. The lowest BCUT2D eigenvalue weighted by Crippen LogP contribution is -2.46. The maximum Gasteiger partial charge on any atom is 0.317 e. The van der Waals surface area contributed by atoms with E-state index in [0.29, 0.717) is 12.2 Å². The average Bonchev–Trinajstić information content (AvgIpc) is 2.18. The standard InChI is InChI=1S/C13H21N3O/c1-13(2,3)15-12(17)16(4)9-10-7-5-6-8-11(10)14/h5-8H,9,14H2,1-4H3,(H,15,17). The monoisotopic (exact) mass is 235 g/mol. The summed E-state index contributed by atoms with van der Waals surface area (Å²) in [5, 5.41) is 2.90. The quantitative estimate of drug-likeness (QED) is 0.772. The highest BCUT2D eigenvalue weighted by Gasteiger charge is 2.17. The first kappa shape index (κ1) is 13.4. The van der Waals surface area contributed by atoms with Gasteiger partial charge in [0.15, 0.2) is 0 Å². The molecule has 0 heterocycles. The highest BCUT2D eigenvalue weighted by atomic mass is 16.2. The SMILES string of the molecule is CN(Cc1ccccc1N)C(=O)NC(C)(C)C. The molecule has 2 amide bonds. The molecule has 0 spiro atoms. The first-order valence-corrected chi connectivity index (χ1v) is 5.66. The molecule has 94 valence electrons. The fourth-order valence-corrected chi connectivity index (χ4v) is 1.42. The normalized spacial score (nSPS) is 11.1. The number of anilines is 1. The molecule has 0 radical (unpaired) electrons. The van der Waals surface area contributed by atoms with Gasteiger partial charge in [0.25, 0.3) is 0 Å². The summed E-state index contributed by atoms with van der Waals surface area (Å²) < 4.78 is 0. The van der Waals surface area contributed by atoms with Gasteiger partial charge in [0.2, 0.25) is 0 Å². The summed E-state index contributed by atoms with van der Waals surface area (Å²) >= 11 is 0. The van der Waals surface area contributed by atoms with Crippen LogP contribution in [0.1, 0.15) is 26.3 Å². The summed E-state index contributed by atoms with van der Waals surface area (Å²) in [5.41, 5.74) is 7.28. The molecule has 0 aliphatic heterocycles. The zero-order valence-corrected chi connectivity index (χ0v) is 10.9. The number of carbonyl (C=O) groups excluding carboxylic acids is 1. The molecule has 0 aliphatic carbocycles. The largest absolute Gasteiger partial charge is 0.398 e. The van der Waals surface area contributed by atoms with Crippen molar-refractivity contribution in [2.24, 2.45) is 0 Å². The van der Waals surface area contributed by atoms with E-state index in [2.05, 4.69) is 5.32 Å². The van der Waals surface area contributed by atoms with Crippen LogP contribution in [-0.2, 0) is 6.54 Å². The van der Waals surface area contributed by atoms with Gasteiger partial charge in [0, 0.05) is 24.8 Å². The van der Waals surface area contributed by atoms with Gasteiger partial charge in [0.05, 0.1) is 0 Å². The Bertz CT molecular complexity index is 396. The fraction of sp³-hybridized carbons (Fsp3) is 0.462. The highest BCUT2D eigenvalue weighted by molar-refractivity contribution is 5.74. The molecule has 17 heavy (non-hydrogen) atoms. The predicted molar refractivity (Wildman–Crippen MR) is 70.6 cm³/mol. The minimum atomic E-state index is -0.229. The van der Waals surface area contributed by atoms with Crippen molar-refractivity contribution in [3.63, 3.8) is 0 Å². The van der Waals surface area contributed by atoms with Crippen molar-refractivity contribution in [3.05, 3.63) is 29.8 Å². The number of para-hydroxylation sites is 1. The van der Waals surface area contributed by atoms with Gasteiger partial charge in [-0.2, -0.15) is 0 Å². The lowest BCUT2D eigenvalue weighted by molar-refractivity contribution is 0.197. The molecule has 1 aromatic carbocycles. The van der Waals surface area contributed by atoms with Crippen LogP contribution in [0.15, 0.2) is 24.3 Å². The number of hydrogen-bond donors (Lipinski definition) is 2. The van der Waals surface area contributed by atoms with Crippen LogP contribution in [0.5, 0.6) is 0 Å². The van der Waals surface area contributed by atoms with E-state index in [0.717, 1.165) is 5.56 Å². The number of nitrogens with one attached hydrogen (secondary N) is 1. The van der Waals surface area contributed by atoms with Crippen LogP contribution in [0.25, 0.3) is 0 Å². The Morgan fingerprint density at radius 2 is 1.94 bits per heavy atom. The highest BCUT2D eigenvalue weighted by Crippen LogP contribution is 2.13. The van der Waals surface area contributed by atoms with Crippen LogP contribution in [0, 0.1) is 0 Å². The average molecular weight is 235 g/mol. The molecule has 0 aromatic heterocycles. The minimum Gasteiger partial charge on any atom is -0.398 e. The van der Waals surface area contributed by atoms with E-state index in [1.54, 1.807) is 11.9 Å². The minimum absolute atomic E-state index is 0.0965. The van der Waals surface area contributed by atoms with Gasteiger partial charge in [-0.15, -0.1) is 0 Å². The van der Waals surface area contributed by atoms with Crippen molar-refractivity contribution >= 4 is 11.7 Å². The van der Waals surface area contributed by atoms with E-state index in [1.807, 2.05) is 45.0 Å². The molecule has 1 rings (SSSR count). The molecule has 3 N–H and O–H groups in total. The van der Waals surface area contributed by atoms with Crippen LogP contribution in [-0.4, -0.2) is 23.5 Å². The van der Waals surface area contributed by atoms with Crippen LogP contribution in [0.3, 0.4) is 0 Å². The number of nitrogen functional groups attached to an aromatic ring is 1.